The lowest BCUT2D eigenvalue weighted by Gasteiger charge is -2.20. The molecule has 0 unspecified atom stereocenters. The van der Waals surface area contributed by atoms with Crippen molar-refractivity contribution in [1.82, 2.24) is 40.2 Å². The summed E-state index contributed by atoms with van der Waals surface area (Å²) in [6.45, 7) is 7.05. The molecule has 3 aromatic heterocycles. The molecule has 25 nitrogen and oxygen atoms in total. The second-order valence-electron chi connectivity index (χ2n) is 21.2. The predicted octanol–water partition coefficient (Wildman–Crippen LogP) is 7.38. The van der Waals surface area contributed by atoms with Gasteiger partial charge in [0, 0.05) is 77.7 Å². The lowest BCUT2D eigenvalue weighted by molar-refractivity contribution is -0.137. The van der Waals surface area contributed by atoms with Crippen LogP contribution in [0, 0.1) is 41.9 Å². The first-order valence-electron chi connectivity index (χ1n) is 31.2. The summed E-state index contributed by atoms with van der Waals surface area (Å²) in [6, 6.07) is 32.0. The number of allylic oxidation sites excluding steroid dienone is 1. The van der Waals surface area contributed by atoms with Gasteiger partial charge in [0.2, 0.25) is 0 Å². The van der Waals surface area contributed by atoms with Crippen molar-refractivity contribution in [3.05, 3.63) is 199 Å². The molecule has 0 aliphatic carbocycles. The van der Waals surface area contributed by atoms with Crippen LogP contribution >= 0.6 is 0 Å². The van der Waals surface area contributed by atoms with Crippen LogP contribution in [0.25, 0.3) is 34.0 Å². The number of benzene rings is 4. The summed E-state index contributed by atoms with van der Waals surface area (Å²) in [5, 5.41) is 44.7. The van der Waals surface area contributed by atoms with Crippen LogP contribution in [0.4, 0.5) is 28.0 Å². The van der Waals surface area contributed by atoms with Gasteiger partial charge in [-0.05, 0) is 123 Å². The van der Waals surface area contributed by atoms with Gasteiger partial charge in [0.15, 0.2) is 0 Å². The monoisotopic (exact) mass is 1360 g/mol. The van der Waals surface area contributed by atoms with Gasteiger partial charge in [0.1, 0.15) is 17.8 Å². The molecule has 0 fully saturated rings. The normalized spacial score (nSPS) is 11.4. The Morgan fingerprint density at radius 2 is 0.990 bits per heavy atom. The van der Waals surface area contributed by atoms with Gasteiger partial charge in [-0.1, -0.05) is 18.2 Å². The summed E-state index contributed by atoms with van der Waals surface area (Å²) < 4.78 is 103. The molecule has 29 heteroatoms. The highest BCUT2D eigenvalue weighted by molar-refractivity contribution is 5.97. The molecule has 0 radical (unpaired) electrons. The summed E-state index contributed by atoms with van der Waals surface area (Å²) in [7, 11) is 0. The number of alkyl halides is 4. The van der Waals surface area contributed by atoms with Crippen LogP contribution in [-0.4, -0.2) is 175 Å². The number of rotatable bonds is 41. The van der Waals surface area contributed by atoms with E-state index in [1.807, 2.05) is 0 Å². The van der Waals surface area contributed by atoms with Crippen LogP contribution in [0.3, 0.4) is 0 Å². The zero-order valence-corrected chi connectivity index (χ0v) is 54.1. The lowest BCUT2D eigenvalue weighted by Crippen LogP contribution is -2.39. The zero-order valence-electron chi connectivity index (χ0n) is 54.1. The van der Waals surface area contributed by atoms with E-state index >= 15 is 0 Å². The highest BCUT2D eigenvalue weighted by Gasteiger charge is 2.31. The average molecular weight is 1360 g/mol. The van der Waals surface area contributed by atoms with Crippen molar-refractivity contribution < 1.29 is 69.8 Å². The number of anilines is 1. The molecule has 0 bridgehead atoms. The Labute approximate surface area is 562 Å². The number of hydrogen-bond donors (Lipinski definition) is 6. The number of halogens is 4. The van der Waals surface area contributed by atoms with Crippen LogP contribution in [0.5, 0.6) is 0 Å². The molecular formula is C69H76F4N12O13. The molecule has 98 heavy (non-hydrogen) atoms. The Morgan fingerprint density at radius 1 is 0.541 bits per heavy atom. The van der Waals surface area contributed by atoms with Gasteiger partial charge >= 0.3 is 12.2 Å². The fraction of sp³-hybridized carbons (Fsp3) is 0.348. The maximum atomic E-state index is 14.0. The summed E-state index contributed by atoms with van der Waals surface area (Å²) >= 11 is 0. The van der Waals surface area contributed by atoms with Crippen LogP contribution in [0.15, 0.2) is 137 Å². The molecule has 4 aromatic carbocycles. The molecule has 7 rings (SSSR count). The van der Waals surface area contributed by atoms with Crippen molar-refractivity contribution in [3.8, 4) is 40.5 Å². The van der Waals surface area contributed by atoms with Gasteiger partial charge in [0.05, 0.1) is 152 Å². The predicted molar refractivity (Wildman–Crippen MR) is 355 cm³/mol. The number of hydrogen-bond acceptors (Lipinski definition) is 18. The number of amides is 4. The molecule has 0 aliphatic rings. The van der Waals surface area contributed by atoms with Gasteiger partial charge in [-0.15, -0.1) is 0 Å². The molecule has 0 saturated heterocycles. The summed E-state index contributed by atoms with van der Waals surface area (Å²) in [5.74, 6) is -1.44. The number of nitrogens with zero attached hydrogens (tertiary/aromatic N) is 6. The van der Waals surface area contributed by atoms with Gasteiger partial charge in [-0.2, -0.15) is 28.8 Å². The fourth-order valence-corrected chi connectivity index (χ4v) is 9.67. The minimum Gasteiger partial charge on any atom is -0.377 e. The van der Waals surface area contributed by atoms with E-state index in [1.54, 1.807) is 86.6 Å². The summed E-state index contributed by atoms with van der Waals surface area (Å²) in [4.78, 5) is 67.2. The molecule has 6 N–H and O–H groups in total. The zero-order chi connectivity index (χ0) is 70.1. The van der Waals surface area contributed by atoms with E-state index in [-0.39, 0.29) is 127 Å². The van der Waals surface area contributed by atoms with Gasteiger partial charge in [-0.25, -0.2) is 13.9 Å². The quantitative estimate of drug-likeness (QED) is 0.0124. The number of carbonyl (C=O) groups is 3. The van der Waals surface area contributed by atoms with Gasteiger partial charge < -0.3 is 69.9 Å². The number of pyridine rings is 2. The molecule has 4 amide bonds. The second-order valence-corrected chi connectivity index (χ2v) is 21.2. The SMILES string of the molecule is Cc1c(/C(=C/C=N)Nc2ccc(C#N)cc2)cc(C(=O)NCCOCCOCCOCCOCCNC(=O)NCCOCCOCCOCCOCCNC(=O)c2cc(-c3ccnn3-c3ccc(C#N)cc3)c(C)n(-c3cccc(C(F)(F)F)c3)c2=O)c(=O)n1-c1cccc(CF)c1. The van der Waals surface area contributed by atoms with Crippen molar-refractivity contribution in [2.75, 3.05) is 137 Å². The van der Waals surface area contributed by atoms with Gasteiger partial charge in [-0.3, -0.25) is 28.3 Å². The molecule has 0 spiro atoms. The minimum atomic E-state index is -4.69. The maximum Gasteiger partial charge on any atom is 0.416 e. The van der Waals surface area contributed by atoms with Crippen LogP contribution < -0.4 is 37.7 Å². The molecule has 518 valence electrons. The Kier molecular flexibility index (Phi) is 30.5. The standard InChI is InChI=1S/C69H76F4N12O13/c1-48-58(62(17-19-74)82-54-13-9-50(46-75)10-14-54)43-60(66(88)83(48)56-7-3-5-52(41-56)45-70)64(86)77-21-25-91-29-33-95-37-39-97-35-31-93-27-23-79-68(90)80-24-28-94-32-36-98-40-38-96-34-30-92-26-22-78-65(87)61-44-59(63-18-20-81-85(63)55-15-11-51(47-76)12-16-55)49(2)84(67(61)89)57-8-4-6-53(42-57)69(71,72)73/h3-20,41-44,74,82H,21-40,45H2,1-2H3,(H,77,86)(H,78,87)(H2,79,80,90)/b62-17-,74-19?. The minimum absolute atomic E-state index is 0.000111. The largest absolute Gasteiger partial charge is 0.416 e. The first kappa shape index (κ1) is 75.2. The van der Waals surface area contributed by atoms with E-state index in [4.69, 9.17) is 43.3 Å². The third-order valence-electron chi connectivity index (χ3n) is 14.5. The van der Waals surface area contributed by atoms with Crippen molar-refractivity contribution in [1.29, 1.82) is 15.9 Å². The number of aromatic nitrogens is 4. The fourth-order valence-electron chi connectivity index (χ4n) is 9.67. The van der Waals surface area contributed by atoms with E-state index < -0.39 is 41.3 Å². The Hall–Kier alpha value is -10.2. The van der Waals surface area contributed by atoms with Gasteiger partial charge in [0.25, 0.3) is 22.9 Å². The molecule has 0 atom stereocenters. The first-order valence-corrected chi connectivity index (χ1v) is 31.2. The topological polar surface area (TPSA) is 318 Å². The summed E-state index contributed by atoms with van der Waals surface area (Å²) in [6.07, 6.45) is -0.659. The number of nitriles is 2. The third-order valence-corrected chi connectivity index (χ3v) is 14.5. The van der Waals surface area contributed by atoms with E-state index in [9.17, 15) is 52.1 Å². The van der Waals surface area contributed by atoms with E-state index in [2.05, 4.69) is 43.8 Å². The summed E-state index contributed by atoms with van der Waals surface area (Å²) in [5.41, 5.74) is 1.95. The van der Waals surface area contributed by atoms with Crippen molar-refractivity contribution in [3.63, 3.8) is 0 Å². The van der Waals surface area contributed by atoms with Crippen LogP contribution in [-0.2, 0) is 50.7 Å². The van der Waals surface area contributed by atoms with E-state index in [0.717, 1.165) is 22.9 Å². The Balaban J connectivity index is 0.670. The molecule has 0 aliphatic heterocycles. The highest BCUT2D eigenvalue weighted by Crippen LogP contribution is 2.33. The van der Waals surface area contributed by atoms with E-state index in [1.165, 1.54) is 51.9 Å². The Morgan fingerprint density at radius 3 is 1.47 bits per heavy atom. The number of urea groups is 1. The van der Waals surface area contributed by atoms with Crippen LogP contribution in [0.2, 0.25) is 0 Å². The maximum absolute atomic E-state index is 14.0. The number of ether oxygens (including phenoxy) is 8. The van der Waals surface area contributed by atoms with Crippen molar-refractivity contribution in [2.45, 2.75) is 26.7 Å². The highest BCUT2D eigenvalue weighted by atomic mass is 19.4. The molecule has 3 heterocycles. The average Bonchev–Trinajstić information content (AvgIpc) is 1.14. The molecule has 7 aromatic rings. The molecule has 0 saturated carbocycles. The van der Waals surface area contributed by atoms with E-state index in [0.29, 0.717) is 95.0 Å². The second kappa shape index (κ2) is 39.7. The van der Waals surface area contributed by atoms with Crippen LogP contribution in [0.1, 0.15) is 59.9 Å². The van der Waals surface area contributed by atoms with Crippen molar-refractivity contribution >= 4 is 35.4 Å². The number of carbonyl (C=O) groups excluding carboxylic acids is 3. The molecular weight excluding hydrogens is 1280 g/mol. The smallest absolute Gasteiger partial charge is 0.377 e. The first-order chi connectivity index (χ1) is 47.6. The third kappa shape index (κ3) is 22.7. The Bertz CT molecular complexity index is 4020. The lowest BCUT2D eigenvalue weighted by atomic mass is 10.0. The van der Waals surface area contributed by atoms with Crippen molar-refractivity contribution in [2.24, 2.45) is 0 Å². The number of nitrogens with one attached hydrogen (secondary N) is 6.